The highest BCUT2D eigenvalue weighted by Gasteiger charge is 2.20. The van der Waals surface area contributed by atoms with Gasteiger partial charge in [0.2, 0.25) is 0 Å². The van der Waals surface area contributed by atoms with Gasteiger partial charge in [-0.3, -0.25) is 9.89 Å². The highest BCUT2D eigenvalue weighted by molar-refractivity contribution is 5.85. The van der Waals surface area contributed by atoms with Gasteiger partial charge >= 0.3 is 0 Å². The molecule has 2 heterocycles. The molecular formula is C11H13N3O. The number of fused-ring (bicyclic) bond motifs is 1. The van der Waals surface area contributed by atoms with E-state index in [0.29, 0.717) is 11.2 Å². The Balaban J connectivity index is 2.72. The first-order valence-corrected chi connectivity index (χ1v) is 4.82. The Morgan fingerprint density at radius 2 is 2.13 bits per heavy atom. The summed E-state index contributed by atoms with van der Waals surface area (Å²) in [6.07, 6.45) is 2.33. The van der Waals surface area contributed by atoms with Gasteiger partial charge < -0.3 is 0 Å². The minimum Gasteiger partial charge on any atom is -0.298 e. The van der Waals surface area contributed by atoms with Gasteiger partial charge in [0.25, 0.3) is 0 Å². The number of nitrogens with zero attached hydrogens (tertiary/aromatic N) is 2. The number of carbonyl (C=O) groups is 1. The number of pyridine rings is 1. The SMILES string of the molecule is CC(C)(C)c1[nH]nc2ncc(C=O)cc12. The molecule has 0 aromatic carbocycles. The number of nitrogens with one attached hydrogen (secondary N) is 1. The zero-order chi connectivity index (χ0) is 11.1. The highest BCUT2D eigenvalue weighted by atomic mass is 16.1. The molecule has 4 nitrogen and oxygen atoms in total. The molecule has 78 valence electrons. The summed E-state index contributed by atoms with van der Waals surface area (Å²) in [6.45, 7) is 6.27. The van der Waals surface area contributed by atoms with Gasteiger partial charge in [-0.1, -0.05) is 20.8 Å². The van der Waals surface area contributed by atoms with E-state index in [1.165, 1.54) is 6.20 Å². The van der Waals surface area contributed by atoms with Gasteiger partial charge in [0.1, 0.15) is 0 Å². The molecule has 0 radical (unpaired) electrons. The predicted molar refractivity (Wildman–Crippen MR) is 58.0 cm³/mol. The van der Waals surface area contributed by atoms with E-state index >= 15 is 0 Å². The standard InChI is InChI=1S/C11H13N3O/c1-11(2,3)9-8-4-7(6-15)5-12-10(8)14-13-9/h4-6H,1-3H3,(H,12,13,14). The van der Waals surface area contributed by atoms with Crippen molar-refractivity contribution >= 4 is 17.3 Å². The molecule has 0 aliphatic rings. The van der Waals surface area contributed by atoms with Gasteiger partial charge in [-0.15, -0.1) is 0 Å². The van der Waals surface area contributed by atoms with Crippen molar-refractivity contribution in [1.82, 2.24) is 15.2 Å². The molecule has 0 bridgehead atoms. The summed E-state index contributed by atoms with van der Waals surface area (Å²) in [5, 5.41) is 8.01. The molecule has 15 heavy (non-hydrogen) atoms. The van der Waals surface area contributed by atoms with Crippen molar-refractivity contribution in [3.05, 3.63) is 23.5 Å². The van der Waals surface area contributed by atoms with Crippen LogP contribution in [-0.2, 0) is 5.41 Å². The van der Waals surface area contributed by atoms with Gasteiger partial charge in [-0.05, 0) is 6.07 Å². The quantitative estimate of drug-likeness (QED) is 0.722. The van der Waals surface area contributed by atoms with Crippen LogP contribution in [-0.4, -0.2) is 21.5 Å². The number of aldehydes is 1. The lowest BCUT2D eigenvalue weighted by Gasteiger charge is -2.16. The number of carbonyl (C=O) groups excluding carboxylic acids is 1. The van der Waals surface area contributed by atoms with Crippen molar-refractivity contribution in [2.24, 2.45) is 0 Å². The van der Waals surface area contributed by atoms with Crippen LogP contribution in [0.15, 0.2) is 12.3 Å². The molecule has 0 aliphatic heterocycles. The third kappa shape index (κ3) is 1.63. The Kier molecular flexibility index (Phi) is 2.07. The van der Waals surface area contributed by atoms with Crippen LogP contribution >= 0.6 is 0 Å². The average Bonchev–Trinajstić information content (AvgIpc) is 2.59. The summed E-state index contributed by atoms with van der Waals surface area (Å²) in [5.41, 5.74) is 2.21. The maximum atomic E-state index is 10.7. The molecule has 0 amide bonds. The Bertz CT molecular complexity index is 508. The van der Waals surface area contributed by atoms with Gasteiger partial charge in [0, 0.05) is 22.6 Å². The van der Waals surface area contributed by atoms with Gasteiger partial charge in [0.05, 0.1) is 5.69 Å². The fourth-order valence-electron chi connectivity index (χ4n) is 1.55. The Hall–Kier alpha value is -1.71. The molecule has 2 aromatic heterocycles. The van der Waals surface area contributed by atoms with Crippen LogP contribution < -0.4 is 0 Å². The summed E-state index contributed by atoms with van der Waals surface area (Å²) in [5.74, 6) is 0. The van der Waals surface area contributed by atoms with Crippen molar-refractivity contribution in [3.8, 4) is 0 Å². The molecule has 0 saturated heterocycles. The molecule has 2 aromatic rings. The topological polar surface area (TPSA) is 58.6 Å². The van der Waals surface area contributed by atoms with Crippen LogP contribution in [0.4, 0.5) is 0 Å². The minimum absolute atomic E-state index is 0.0298. The first-order chi connectivity index (χ1) is 7.02. The average molecular weight is 203 g/mol. The monoisotopic (exact) mass is 203 g/mol. The number of aromatic nitrogens is 3. The molecule has 0 atom stereocenters. The zero-order valence-electron chi connectivity index (χ0n) is 9.03. The summed E-state index contributed by atoms with van der Waals surface area (Å²) in [4.78, 5) is 14.8. The van der Waals surface area contributed by atoms with Crippen LogP contribution in [0.3, 0.4) is 0 Å². The first-order valence-electron chi connectivity index (χ1n) is 4.82. The zero-order valence-corrected chi connectivity index (χ0v) is 9.03. The van der Waals surface area contributed by atoms with Crippen molar-refractivity contribution < 1.29 is 4.79 Å². The van der Waals surface area contributed by atoms with E-state index in [0.717, 1.165) is 17.4 Å². The second-order valence-electron chi connectivity index (χ2n) is 4.61. The molecule has 0 fully saturated rings. The van der Waals surface area contributed by atoms with Crippen LogP contribution in [0.1, 0.15) is 36.8 Å². The van der Waals surface area contributed by atoms with E-state index in [1.54, 1.807) is 0 Å². The molecule has 2 rings (SSSR count). The number of H-pyrrole nitrogens is 1. The van der Waals surface area contributed by atoms with E-state index in [4.69, 9.17) is 0 Å². The van der Waals surface area contributed by atoms with Crippen LogP contribution in [0.25, 0.3) is 11.0 Å². The van der Waals surface area contributed by atoms with Gasteiger partial charge in [-0.25, -0.2) is 4.98 Å². The van der Waals surface area contributed by atoms with E-state index < -0.39 is 0 Å². The summed E-state index contributed by atoms with van der Waals surface area (Å²) in [7, 11) is 0. The number of hydrogen-bond acceptors (Lipinski definition) is 3. The second-order valence-corrected chi connectivity index (χ2v) is 4.61. The summed E-state index contributed by atoms with van der Waals surface area (Å²) < 4.78 is 0. The van der Waals surface area contributed by atoms with Crippen LogP contribution in [0.5, 0.6) is 0 Å². The van der Waals surface area contributed by atoms with E-state index in [2.05, 4.69) is 36.0 Å². The first kappa shape index (κ1) is 9.83. The molecule has 0 aliphatic carbocycles. The van der Waals surface area contributed by atoms with Crippen LogP contribution in [0, 0.1) is 0 Å². The third-order valence-electron chi connectivity index (χ3n) is 2.32. The number of aromatic amines is 1. The van der Waals surface area contributed by atoms with Crippen molar-refractivity contribution in [3.63, 3.8) is 0 Å². The summed E-state index contributed by atoms with van der Waals surface area (Å²) >= 11 is 0. The normalized spacial score (nSPS) is 11.9. The Labute approximate surface area is 87.7 Å². The van der Waals surface area contributed by atoms with Gasteiger partial charge in [0.15, 0.2) is 11.9 Å². The molecule has 4 heteroatoms. The van der Waals surface area contributed by atoms with E-state index in [9.17, 15) is 4.79 Å². The summed E-state index contributed by atoms with van der Waals surface area (Å²) in [6, 6.07) is 1.82. The smallest absolute Gasteiger partial charge is 0.181 e. The number of rotatable bonds is 1. The molecule has 1 N–H and O–H groups in total. The fraction of sp³-hybridized carbons (Fsp3) is 0.364. The van der Waals surface area contributed by atoms with E-state index in [1.807, 2.05) is 6.07 Å². The molecule has 0 spiro atoms. The molecular weight excluding hydrogens is 190 g/mol. The maximum absolute atomic E-state index is 10.7. The van der Waals surface area contributed by atoms with Crippen molar-refractivity contribution in [2.75, 3.05) is 0 Å². The van der Waals surface area contributed by atoms with Crippen molar-refractivity contribution in [1.29, 1.82) is 0 Å². The second kappa shape index (κ2) is 3.15. The largest absolute Gasteiger partial charge is 0.298 e. The lowest BCUT2D eigenvalue weighted by Crippen LogP contribution is -2.12. The number of hydrogen-bond donors (Lipinski definition) is 1. The highest BCUT2D eigenvalue weighted by Crippen LogP contribution is 2.26. The lowest BCUT2D eigenvalue weighted by molar-refractivity contribution is 0.112. The third-order valence-corrected chi connectivity index (χ3v) is 2.32. The minimum atomic E-state index is -0.0298. The fourth-order valence-corrected chi connectivity index (χ4v) is 1.55. The maximum Gasteiger partial charge on any atom is 0.181 e. The van der Waals surface area contributed by atoms with E-state index in [-0.39, 0.29) is 5.41 Å². The molecule has 0 unspecified atom stereocenters. The molecule has 0 saturated carbocycles. The Morgan fingerprint density at radius 1 is 1.40 bits per heavy atom. The van der Waals surface area contributed by atoms with Crippen molar-refractivity contribution in [2.45, 2.75) is 26.2 Å². The Morgan fingerprint density at radius 3 is 2.73 bits per heavy atom. The van der Waals surface area contributed by atoms with Crippen LogP contribution in [0.2, 0.25) is 0 Å². The van der Waals surface area contributed by atoms with Gasteiger partial charge in [-0.2, -0.15) is 5.10 Å². The predicted octanol–water partition coefficient (Wildman–Crippen LogP) is 2.07. The lowest BCUT2D eigenvalue weighted by atomic mass is 9.90.